The van der Waals surface area contributed by atoms with Crippen LogP contribution in [-0.4, -0.2) is 17.9 Å². The van der Waals surface area contributed by atoms with Crippen LogP contribution in [0.5, 0.6) is 0 Å². The van der Waals surface area contributed by atoms with Crippen molar-refractivity contribution in [3.05, 3.63) is 83.3 Å². The fraction of sp³-hybridized carbons (Fsp3) is 0.182. The van der Waals surface area contributed by atoms with E-state index in [1.54, 1.807) is 47.7 Å². The van der Waals surface area contributed by atoms with E-state index in [0.717, 1.165) is 11.3 Å². The van der Waals surface area contributed by atoms with E-state index in [-0.39, 0.29) is 5.91 Å². The normalized spacial score (nSPS) is 23.7. The summed E-state index contributed by atoms with van der Waals surface area (Å²) in [6.07, 6.45) is 0.629. The molecule has 2 aliphatic rings. The molecule has 29 heavy (non-hydrogen) atoms. The Hall–Kier alpha value is -3.09. The highest BCUT2D eigenvalue weighted by atomic mass is 35.5. The van der Waals surface area contributed by atoms with Gasteiger partial charge in [0.25, 0.3) is 5.91 Å². The number of carbonyl (C=O) groups is 2. The number of fused-ring (bicyclic) bond motifs is 1. The molecule has 0 unspecified atom stereocenters. The Morgan fingerprint density at radius 2 is 1.69 bits per heavy atom. The second kappa shape index (κ2) is 6.76. The van der Waals surface area contributed by atoms with E-state index in [9.17, 15) is 9.59 Å². The van der Waals surface area contributed by atoms with E-state index < -0.39 is 24.0 Å². The van der Waals surface area contributed by atoms with E-state index in [1.807, 2.05) is 31.2 Å². The molecule has 3 atom stereocenters. The SMILES string of the molecule is Cc1ccccc1N1O[C@H]2C(=O)N(c3ccc(Cl)cc3)C(=O)[C@@H]2[C@H]1c1ccco1. The minimum atomic E-state index is -0.923. The molecule has 0 spiro atoms. The van der Waals surface area contributed by atoms with Gasteiger partial charge in [-0.15, -0.1) is 0 Å². The predicted octanol–water partition coefficient (Wildman–Crippen LogP) is 4.29. The summed E-state index contributed by atoms with van der Waals surface area (Å²) in [4.78, 5) is 33.8. The fourth-order valence-corrected chi connectivity index (χ4v) is 4.15. The van der Waals surface area contributed by atoms with Gasteiger partial charge in [0.15, 0.2) is 6.10 Å². The Balaban J connectivity index is 1.58. The second-order valence-electron chi connectivity index (χ2n) is 7.11. The van der Waals surface area contributed by atoms with Gasteiger partial charge >= 0.3 is 0 Å². The maximum atomic E-state index is 13.4. The van der Waals surface area contributed by atoms with Crippen molar-refractivity contribution in [2.24, 2.45) is 5.92 Å². The number of furan rings is 1. The Kier molecular flexibility index (Phi) is 4.19. The van der Waals surface area contributed by atoms with Gasteiger partial charge in [-0.05, 0) is 55.0 Å². The third-order valence-electron chi connectivity index (χ3n) is 5.39. The lowest BCUT2D eigenvalue weighted by Gasteiger charge is -2.28. The van der Waals surface area contributed by atoms with Crippen molar-refractivity contribution in [2.75, 3.05) is 9.96 Å². The molecule has 0 N–H and O–H groups in total. The van der Waals surface area contributed by atoms with Crippen molar-refractivity contribution in [2.45, 2.75) is 19.1 Å². The lowest BCUT2D eigenvalue weighted by Crippen LogP contribution is -2.37. The maximum absolute atomic E-state index is 13.4. The highest BCUT2D eigenvalue weighted by Gasteiger charge is 2.61. The molecular weight excluding hydrogens is 392 g/mol. The lowest BCUT2D eigenvalue weighted by atomic mass is 9.94. The quantitative estimate of drug-likeness (QED) is 0.605. The molecular formula is C22H17ClN2O4. The number of carbonyl (C=O) groups excluding carboxylic acids is 2. The lowest BCUT2D eigenvalue weighted by molar-refractivity contribution is -0.126. The molecule has 3 heterocycles. The van der Waals surface area contributed by atoms with E-state index >= 15 is 0 Å². The Morgan fingerprint density at radius 3 is 2.38 bits per heavy atom. The molecule has 0 bridgehead atoms. The van der Waals surface area contributed by atoms with Gasteiger partial charge in [-0.2, -0.15) is 0 Å². The number of hydroxylamine groups is 1. The van der Waals surface area contributed by atoms with Crippen LogP contribution in [0.2, 0.25) is 5.02 Å². The second-order valence-corrected chi connectivity index (χ2v) is 7.55. The summed E-state index contributed by atoms with van der Waals surface area (Å²) in [6, 6.07) is 17.3. The number of hydrogen-bond acceptors (Lipinski definition) is 5. The van der Waals surface area contributed by atoms with Crippen molar-refractivity contribution in [1.82, 2.24) is 0 Å². The van der Waals surface area contributed by atoms with E-state index in [4.69, 9.17) is 20.9 Å². The Labute approximate surface area is 172 Å². The number of halogens is 1. The van der Waals surface area contributed by atoms with Gasteiger partial charge in [-0.1, -0.05) is 29.8 Å². The number of benzene rings is 2. The molecule has 3 aromatic rings. The van der Waals surface area contributed by atoms with Gasteiger partial charge in [0, 0.05) is 5.02 Å². The van der Waals surface area contributed by atoms with E-state index in [2.05, 4.69) is 0 Å². The molecule has 0 saturated carbocycles. The van der Waals surface area contributed by atoms with Crippen molar-refractivity contribution >= 4 is 34.8 Å². The molecule has 2 saturated heterocycles. The Morgan fingerprint density at radius 1 is 0.931 bits per heavy atom. The van der Waals surface area contributed by atoms with Crippen molar-refractivity contribution in [3.8, 4) is 0 Å². The molecule has 2 aromatic carbocycles. The van der Waals surface area contributed by atoms with Crippen LogP contribution in [0, 0.1) is 12.8 Å². The van der Waals surface area contributed by atoms with Crippen LogP contribution in [0.15, 0.2) is 71.3 Å². The largest absolute Gasteiger partial charge is 0.467 e. The topological polar surface area (TPSA) is 63.0 Å². The monoisotopic (exact) mass is 408 g/mol. The van der Waals surface area contributed by atoms with Crippen LogP contribution < -0.4 is 9.96 Å². The molecule has 2 amide bonds. The van der Waals surface area contributed by atoms with Crippen LogP contribution in [0.1, 0.15) is 17.4 Å². The number of rotatable bonds is 3. The molecule has 2 aliphatic heterocycles. The first-order valence-corrected chi connectivity index (χ1v) is 9.62. The Bertz CT molecular complexity index is 1080. The first-order valence-electron chi connectivity index (χ1n) is 9.24. The minimum Gasteiger partial charge on any atom is -0.467 e. The van der Waals surface area contributed by atoms with Gasteiger partial charge in [0.1, 0.15) is 17.7 Å². The van der Waals surface area contributed by atoms with Gasteiger partial charge < -0.3 is 4.42 Å². The average Bonchev–Trinajstić information content (AvgIpc) is 3.41. The molecule has 146 valence electrons. The number of amides is 2. The minimum absolute atomic E-state index is 0.320. The van der Waals surface area contributed by atoms with Gasteiger partial charge in [0.05, 0.1) is 17.6 Å². The van der Waals surface area contributed by atoms with Gasteiger partial charge in [-0.3, -0.25) is 14.4 Å². The zero-order valence-corrected chi connectivity index (χ0v) is 16.2. The molecule has 5 rings (SSSR count). The first kappa shape index (κ1) is 18.0. The smallest absolute Gasteiger partial charge is 0.266 e. The molecule has 6 nitrogen and oxygen atoms in total. The average molecular weight is 409 g/mol. The maximum Gasteiger partial charge on any atom is 0.266 e. The zero-order valence-electron chi connectivity index (χ0n) is 15.5. The van der Waals surface area contributed by atoms with Gasteiger partial charge in [0.2, 0.25) is 5.91 Å². The first-order chi connectivity index (χ1) is 14.1. The number of anilines is 2. The van der Waals surface area contributed by atoms with Crippen LogP contribution in [0.25, 0.3) is 0 Å². The number of para-hydroxylation sites is 1. The standard InChI is InChI=1S/C22H17ClN2O4/c1-13-5-2-3-6-16(13)25-19(17-7-4-12-28-17)18-20(29-25)22(27)24(21(18)26)15-10-8-14(23)9-11-15/h2-12,18-20H,1H3/t18-,19-,20-/m1/s1. The van der Waals surface area contributed by atoms with E-state index in [0.29, 0.717) is 16.5 Å². The van der Waals surface area contributed by atoms with Gasteiger partial charge in [-0.25, -0.2) is 9.96 Å². The molecule has 7 heteroatoms. The predicted molar refractivity (Wildman–Crippen MR) is 107 cm³/mol. The molecule has 1 aromatic heterocycles. The summed E-state index contributed by atoms with van der Waals surface area (Å²) in [5.41, 5.74) is 2.24. The summed E-state index contributed by atoms with van der Waals surface area (Å²) >= 11 is 5.95. The number of aryl methyl sites for hydroxylation is 1. The summed E-state index contributed by atoms with van der Waals surface area (Å²) in [6.45, 7) is 1.95. The van der Waals surface area contributed by atoms with E-state index in [1.165, 1.54) is 4.90 Å². The molecule has 2 fully saturated rings. The zero-order chi connectivity index (χ0) is 20.1. The summed E-state index contributed by atoms with van der Waals surface area (Å²) in [5, 5.41) is 2.17. The summed E-state index contributed by atoms with van der Waals surface area (Å²) in [7, 11) is 0. The van der Waals surface area contributed by atoms with Crippen LogP contribution in [-0.2, 0) is 14.4 Å². The third kappa shape index (κ3) is 2.75. The summed E-state index contributed by atoms with van der Waals surface area (Å²) < 4.78 is 5.64. The van der Waals surface area contributed by atoms with Crippen molar-refractivity contribution in [3.63, 3.8) is 0 Å². The number of nitrogens with zero attached hydrogens (tertiary/aromatic N) is 2. The molecule has 0 aliphatic carbocycles. The number of imide groups is 1. The summed E-state index contributed by atoms with van der Waals surface area (Å²) in [5.74, 6) is -0.862. The van der Waals surface area contributed by atoms with Crippen molar-refractivity contribution < 1.29 is 18.8 Å². The highest BCUT2D eigenvalue weighted by Crippen LogP contribution is 2.48. The third-order valence-corrected chi connectivity index (χ3v) is 5.64. The molecule has 0 radical (unpaired) electrons. The van der Waals surface area contributed by atoms with Crippen LogP contribution in [0.4, 0.5) is 11.4 Å². The highest BCUT2D eigenvalue weighted by molar-refractivity contribution is 6.31. The van der Waals surface area contributed by atoms with Crippen LogP contribution >= 0.6 is 11.6 Å². The fourth-order valence-electron chi connectivity index (χ4n) is 4.03. The van der Waals surface area contributed by atoms with Crippen LogP contribution in [0.3, 0.4) is 0 Å². The van der Waals surface area contributed by atoms with Crippen molar-refractivity contribution in [1.29, 1.82) is 0 Å². The number of hydrogen-bond donors (Lipinski definition) is 0.